The number of rotatable bonds is 32. The first kappa shape index (κ1) is 78.8. The number of ether oxygens (including phenoxy) is 11. The summed E-state index contributed by atoms with van der Waals surface area (Å²) in [6, 6.07) is 15.7. The summed E-state index contributed by atoms with van der Waals surface area (Å²) in [5.41, 5.74) is -2.02. The summed E-state index contributed by atoms with van der Waals surface area (Å²) in [5, 5.41) is 9.02. The molecule has 0 bridgehead atoms. The van der Waals surface area contributed by atoms with Crippen LogP contribution in [0.15, 0.2) is 98.1 Å². The van der Waals surface area contributed by atoms with Crippen LogP contribution in [0.4, 0.5) is 8.78 Å². The molecule has 2 aliphatic rings. The molecule has 26 heteroatoms. The molecule has 2 fully saturated rings. The number of ketones is 2. The van der Waals surface area contributed by atoms with Crippen LogP contribution in [0.3, 0.4) is 0 Å². The molecular weight excluding hydrogens is 1280 g/mol. The molecule has 2 aliphatic heterocycles. The standard InChI is InChI=1S/C38H48FNO11.C34H40FNO11/c1-9-32(41)49-23-38(5,6)34(43)35(44)40-19-11-10-12-28(40)36(45)50-29(17-13-24-14-18-30(46-7)31(20-24)47-8)26-21-25(15-16-27(26)39)48-22-33(42)51-37(2,3)4;1-6-30(39)46-20-34(2,3)31(40)32(41)36-16-8-7-9-25(36)33(42)47-26(14-10-21-11-15-27(43-4)28(17-21)44-5)23-18-22(12-13-24(23)35)45-19-29(37)38/h9,14-16,18,20-21,28-29H,1,10-13,17,19,22-23H2,2-8H3;6,11-13,15,17-18,25-26H,1,7-10,14,16,19-20H2,2-5H3,(H,37,38)/t28-,29+;25-,26+/m00/s1. The van der Waals surface area contributed by atoms with Crippen LogP contribution in [0.1, 0.15) is 134 Å². The molecule has 98 heavy (non-hydrogen) atoms. The number of amides is 2. The molecule has 4 atom stereocenters. The highest BCUT2D eigenvalue weighted by Gasteiger charge is 2.45. The predicted molar refractivity (Wildman–Crippen MR) is 349 cm³/mol. The van der Waals surface area contributed by atoms with E-state index in [0.29, 0.717) is 61.5 Å². The van der Waals surface area contributed by atoms with Crippen LogP contribution < -0.4 is 28.4 Å². The molecule has 0 unspecified atom stereocenters. The lowest BCUT2D eigenvalue weighted by Gasteiger charge is -2.36. The van der Waals surface area contributed by atoms with Gasteiger partial charge in [-0.25, -0.2) is 37.5 Å². The Kier molecular flexibility index (Phi) is 29.3. The maximum Gasteiger partial charge on any atom is 0.344 e. The number of likely N-dealkylation sites (tertiary alicyclic amines) is 2. The highest BCUT2D eigenvalue weighted by Crippen LogP contribution is 2.37. The average Bonchev–Trinajstić information content (AvgIpc) is 0.814. The number of carbonyl (C=O) groups is 10. The predicted octanol–water partition coefficient (Wildman–Crippen LogP) is 9.72. The number of piperidine rings is 2. The van der Waals surface area contributed by atoms with Crippen molar-refractivity contribution in [3.8, 4) is 34.5 Å². The summed E-state index contributed by atoms with van der Waals surface area (Å²) < 4.78 is 90.3. The zero-order valence-electron chi connectivity index (χ0n) is 57.3. The first-order valence-corrected chi connectivity index (χ1v) is 31.7. The number of hydrogen-bond acceptors (Lipinski definition) is 21. The summed E-state index contributed by atoms with van der Waals surface area (Å²) in [4.78, 5) is 130. The fourth-order valence-electron chi connectivity index (χ4n) is 10.5. The molecule has 2 heterocycles. The van der Waals surface area contributed by atoms with Crippen LogP contribution in [0.5, 0.6) is 34.5 Å². The van der Waals surface area contributed by atoms with Crippen LogP contribution in [0.2, 0.25) is 0 Å². The Hall–Kier alpha value is -9.88. The number of aliphatic carboxylic acids is 1. The van der Waals surface area contributed by atoms with E-state index in [1.165, 1.54) is 85.3 Å². The smallest absolute Gasteiger partial charge is 0.344 e. The van der Waals surface area contributed by atoms with Crippen molar-refractivity contribution in [1.29, 1.82) is 0 Å². The minimum Gasteiger partial charge on any atom is -0.493 e. The zero-order chi connectivity index (χ0) is 72.7. The molecule has 532 valence electrons. The van der Waals surface area contributed by atoms with Gasteiger partial charge in [0.25, 0.3) is 11.8 Å². The number of halogens is 2. The number of carbonyl (C=O) groups excluding carboxylic acids is 9. The maximum absolute atomic E-state index is 15.5. The Morgan fingerprint density at radius 3 is 1.29 bits per heavy atom. The van der Waals surface area contributed by atoms with Gasteiger partial charge < -0.3 is 67.0 Å². The molecule has 1 N–H and O–H groups in total. The lowest BCUT2D eigenvalue weighted by atomic mass is 9.87. The minimum atomic E-state index is -1.39. The molecule has 2 amide bonds. The Morgan fingerprint density at radius 2 is 0.929 bits per heavy atom. The van der Waals surface area contributed by atoms with Crippen LogP contribution in [-0.4, -0.2) is 160 Å². The third-order valence-electron chi connectivity index (χ3n) is 15.7. The van der Waals surface area contributed by atoms with Crippen molar-refractivity contribution in [1.82, 2.24) is 9.80 Å². The molecule has 4 aromatic carbocycles. The highest BCUT2D eigenvalue weighted by atomic mass is 19.1. The van der Waals surface area contributed by atoms with E-state index in [0.717, 1.165) is 40.3 Å². The fourth-order valence-corrected chi connectivity index (χ4v) is 10.5. The summed E-state index contributed by atoms with van der Waals surface area (Å²) >= 11 is 0. The van der Waals surface area contributed by atoms with E-state index in [1.54, 1.807) is 57.2 Å². The van der Waals surface area contributed by atoms with Crippen molar-refractivity contribution in [2.24, 2.45) is 10.8 Å². The molecule has 0 radical (unpaired) electrons. The summed E-state index contributed by atoms with van der Waals surface area (Å²) in [6.45, 7) is 16.0. The Bertz CT molecular complexity index is 3540. The number of carboxylic acids is 1. The van der Waals surface area contributed by atoms with Crippen molar-refractivity contribution < 1.29 is 114 Å². The molecule has 6 rings (SSSR count). The van der Waals surface area contributed by atoms with E-state index in [2.05, 4.69) is 13.2 Å². The van der Waals surface area contributed by atoms with Gasteiger partial charge in [0.05, 0.1) is 39.3 Å². The van der Waals surface area contributed by atoms with Crippen molar-refractivity contribution in [2.45, 2.75) is 143 Å². The highest BCUT2D eigenvalue weighted by molar-refractivity contribution is 6.39. The van der Waals surface area contributed by atoms with E-state index in [1.807, 2.05) is 0 Å². The average molecular weight is 1370 g/mol. The molecular formula is C72H88F2N2O22. The van der Waals surface area contributed by atoms with Crippen LogP contribution >= 0.6 is 0 Å². The maximum atomic E-state index is 15.5. The van der Waals surface area contributed by atoms with Crippen molar-refractivity contribution in [3.05, 3.63) is 132 Å². The number of Topliss-reactive ketones (excluding diaryl/α,β-unsaturated/α-hetero) is 2. The zero-order valence-corrected chi connectivity index (χ0v) is 57.3. The number of hydrogen-bond donors (Lipinski definition) is 1. The number of esters is 5. The Labute approximate surface area is 568 Å². The first-order chi connectivity index (χ1) is 46.3. The molecule has 2 saturated heterocycles. The second kappa shape index (κ2) is 36.5. The summed E-state index contributed by atoms with van der Waals surface area (Å²) in [5.74, 6) is -7.78. The third-order valence-corrected chi connectivity index (χ3v) is 15.7. The van der Waals surface area contributed by atoms with Gasteiger partial charge in [-0.05, 0) is 184 Å². The van der Waals surface area contributed by atoms with Gasteiger partial charge in [-0.15, -0.1) is 0 Å². The second-order valence-corrected chi connectivity index (χ2v) is 25.3. The molecule has 0 spiro atoms. The summed E-state index contributed by atoms with van der Waals surface area (Å²) in [6.07, 6.45) is 2.99. The van der Waals surface area contributed by atoms with E-state index >= 15 is 8.78 Å². The Balaban J connectivity index is 0.000000355. The van der Waals surface area contributed by atoms with Gasteiger partial charge in [0.15, 0.2) is 36.2 Å². The SMILES string of the molecule is C=CC(=O)OCC(C)(C)C(=O)C(=O)N1CCCC[C@H]1C(=O)O[C@H](CCc1ccc(OC)c(OC)c1)c1cc(OCC(=O)O)ccc1F.C=CC(=O)OCC(C)(C)C(=O)C(=O)N1CCCC[C@H]1C(=O)O[C@H](CCc1ccc(OC)c(OC)c1)c1cc(OCC(=O)OC(C)(C)C)ccc1F. The second-order valence-electron chi connectivity index (χ2n) is 25.3. The number of carboxylic acid groups (broad SMARTS) is 1. The molecule has 24 nitrogen and oxygen atoms in total. The van der Waals surface area contributed by atoms with Crippen LogP contribution in [-0.2, 0) is 84.5 Å². The number of nitrogens with zero attached hydrogens (tertiary/aromatic N) is 2. The third kappa shape index (κ3) is 22.9. The monoisotopic (exact) mass is 1370 g/mol. The van der Waals surface area contributed by atoms with Gasteiger partial charge in [-0.3, -0.25) is 19.2 Å². The van der Waals surface area contributed by atoms with Crippen molar-refractivity contribution >= 4 is 59.2 Å². The van der Waals surface area contributed by atoms with Crippen LogP contribution in [0, 0.1) is 22.5 Å². The van der Waals surface area contributed by atoms with Gasteiger partial charge in [0, 0.05) is 36.4 Å². The fraction of sp³-hybridized carbons (Fsp3) is 0.472. The largest absolute Gasteiger partial charge is 0.493 e. The number of methoxy groups -OCH3 is 4. The molecule has 0 aromatic heterocycles. The van der Waals surface area contributed by atoms with E-state index in [9.17, 15) is 47.9 Å². The van der Waals surface area contributed by atoms with E-state index in [4.69, 9.17) is 57.2 Å². The minimum absolute atomic E-state index is 0.0135. The number of benzene rings is 4. The number of aryl methyl sites for hydroxylation is 2. The van der Waals surface area contributed by atoms with Gasteiger partial charge in [-0.1, -0.05) is 25.3 Å². The van der Waals surface area contributed by atoms with E-state index in [-0.39, 0.29) is 74.6 Å². The normalized spacial score (nSPS) is 15.2. The van der Waals surface area contributed by atoms with Crippen molar-refractivity contribution in [2.75, 3.05) is 68.0 Å². The van der Waals surface area contributed by atoms with E-state index < -0.39 is 125 Å². The molecule has 0 saturated carbocycles. The van der Waals surface area contributed by atoms with Gasteiger partial charge in [0.2, 0.25) is 11.6 Å². The van der Waals surface area contributed by atoms with Crippen molar-refractivity contribution in [3.63, 3.8) is 0 Å². The van der Waals surface area contributed by atoms with Gasteiger partial charge in [-0.2, -0.15) is 0 Å². The lowest BCUT2D eigenvalue weighted by molar-refractivity contribution is -0.166. The van der Waals surface area contributed by atoms with Gasteiger partial charge in [0.1, 0.15) is 66.2 Å². The lowest BCUT2D eigenvalue weighted by Crippen LogP contribution is -2.53. The molecule has 0 aliphatic carbocycles. The van der Waals surface area contributed by atoms with Crippen LogP contribution in [0.25, 0.3) is 0 Å². The topological polar surface area (TPSA) is 299 Å². The molecule has 4 aromatic rings. The first-order valence-electron chi connectivity index (χ1n) is 31.7. The Morgan fingerprint density at radius 1 is 0.541 bits per heavy atom. The quantitative estimate of drug-likeness (QED) is 0.0206. The van der Waals surface area contributed by atoms with Gasteiger partial charge >= 0.3 is 35.8 Å². The summed E-state index contributed by atoms with van der Waals surface area (Å²) in [7, 11) is 6.00.